The van der Waals surface area contributed by atoms with Crippen molar-refractivity contribution in [3.05, 3.63) is 41.8 Å². The average Bonchev–Trinajstić information content (AvgIpc) is 3.04. The summed E-state index contributed by atoms with van der Waals surface area (Å²) in [6, 6.07) is 7.17. The van der Waals surface area contributed by atoms with E-state index in [1.165, 1.54) is 12.4 Å². The molecule has 0 aliphatic carbocycles. The van der Waals surface area contributed by atoms with E-state index in [0.29, 0.717) is 30.3 Å². The first-order valence-electron chi connectivity index (χ1n) is 8.25. The zero-order valence-electron chi connectivity index (χ0n) is 14.1. The number of hydrogen-bond acceptors (Lipinski definition) is 6. The van der Waals surface area contributed by atoms with Crippen LogP contribution in [0.25, 0.3) is 10.2 Å². The molecular weight excluding hydrogens is 339 g/mol. The Morgan fingerprint density at radius 1 is 1.20 bits per heavy atom. The Balaban J connectivity index is 1.58. The summed E-state index contributed by atoms with van der Waals surface area (Å²) >= 11 is 1.55. The highest BCUT2D eigenvalue weighted by Gasteiger charge is 2.24. The van der Waals surface area contributed by atoms with Crippen LogP contribution in [0.3, 0.4) is 0 Å². The fourth-order valence-corrected chi connectivity index (χ4v) is 3.97. The summed E-state index contributed by atoms with van der Waals surface area (Å²) in [4.78, 5) is 11.4. The molecule has 0 radical (unpaired) electrons. The van der Waals surface area contributed by atoms with Crippen LogP contribution in [0.1, 0.15) is 13.8 Å². The van der Waals surface area contributed by atoms with Gasteiger partial charge in [0.2, 0.25) is 0 Å². The van der Waals surface area contributed by atoms with Crippen molar-refractivity contribution >= 4 is 38.7 Å². The Labute approximate surface area is 149 Å². The lowest BCUT2D eigenvalue weighted by molar-refractivity contribution is -0.00539. The highest BCUT2D eigenvalue weighted by Crippen LogP contribution is 2.29. The number of thiophene rings is 1. The van der Waals surface area contributed by atoms with Crippen molar-refractivity contribution in [1.82, 2.24) is 9.97 Å². The maximum absolute atomic E-state index is 14.7. The van der Waals surface area contributed by atoms with Crippen molar-refractivity contribution < 1.29 is 9.13 Å². The van der Waals surface area contributed by atoms with Crippen LogP contribution < -0.4 is 10.2 Å². The molecule has 1 N–H and O–H groups in total. The van der Waals surface area contributed by atoms with Crippen LogP contribution in [0.4, 0.5) is 21.6 Å². The number of fused-ring (bicyclic) bond motifs is 1. The molecule has 1 aliphatic heterocycles. The summed E-state index contributed by atoms with van der Waals surface area (Å²) in [5.41, 5.74) is 1.28. The minimum Gasteiger partial charge on any atom is -0.372 e. The smallest absolute Gasteiger partial charge is 0.148 e. The molecule has 0 bridgehead atoms. The van der Waals surface area contributed by atoms with E-state index in [9.17, 15) is 4.39 Å². The third kappa shape index (κ3) is 3.29. The predicted molar refractivity (Wildman–Crippen MR) is 99.3 cm³/mol. The zero-order chi connectivity index (χ0) is 17.4. The largest absolute Gasteiger partial charge is 0.372 e. The number of rotatable bonds is 3. The number of benzene rings is 1. The molecule has 5 nitrogen and oxygen atoms in total. The van der Waals surface area contributed by atoms with Gasteiger partial charge in [-0.15, -0.1) is 11.3 Å². The van der Waals surface area contributed by atoms with E-state index in [1.54, 1.807) is 11.3 Å². The second-order valence-electron chi connectivity index (χ2n) is 6.32. The van der Waals surface area contributed by atoms with Gasteiger partial charge in [0, 0.05) is 18.8 Å². The minimum atomic E-state index is -0.248. The van der Waals surface area contributed by atoms with Crippen LogP contribution in [0.2, 0.25) is 0 Å². The van der Waals surface area contributed by atoms with Gasteiger partial charge >= 0.3 is 0 Å². The molecule has 3 heterocycles. The Bertz CT molecular complexity index is 890. The summed E-state index contributed by atoms with van der Waals surface area (Å²) in [6.45, 7) is 5.40. The third-order valence-corrected chi connectivity index (χ3v) is 5.05. The Hall–Kier alpha value is -2.25. The number of ether oxygens (including phenoxy) is 1. The normalized spacial score (nSPS) is 20.8. The fraction of sp³-hybridized carbons (Fsp3) is 0.333. The first-order chi connectivity index (χ1) is 12.1. The van der Waals surface area contributed by atoms with Gasteiger partial charge in [-0.05, 0) is 43.5 Å². The van der Waals surface area contributed by atoms with Crippen LogP contribution >= 0.6 is 11.3 Å². The topological polar surface area (TPSA) is 50.3 Å². The number of aromatic nitrogens is 2. The van der Waals surface area contributed by atoms with Crippen LogP contribution in [-0.4, -0.2) is 35.3 Å². The number of nitrogens with one attached hydrogen (secondary N) is 1. The lowest BCUT2D eigenvalue weighted by Gasteiger charge is -2.37. The van der Waals surface area contributed by atoms with E-state index >= 15 is 0 Å². The highest BCUT2D eigenvalue weighted by atomic mass is 32.1. The zero-order valence-corrected chi connectivity index (χ0v) is 14.9. The molecule has 1 fully saturated rings. The van der Waals surface area contributed by atoms with E-state index in [2.05, 4.69) is 15.3 Å². The van der Waals surface area contributed by atoms with Gasteiger partial charge in [-0.1, -0.05) is 0 Å². The van der Waals surface area contributed by atoms with Gasteiger partial charge in [0.05, 0.1) is 23.3 Å². The Morgan fingerprint density at radius 2 is 2.00 bits per heavy atom. The molecule has 25 heavy (non-hydrogen) atoms. The first-order valence-corrected chi connectivity index (χ1v) is 9.13. The van der Waals surface area contributed by atoms with Crippen LogP contribution in [0.5, 0.6) is 0 Å². The molecule has 1 aliphatic rings. The second-order valence-corrected chi connectivity index (χ2v) is 7.21. The molecule has 0 spiro atoms. The van der Waals surface area contributed by atoms with E-state index in [1.807, 2.05) is 42.3 Å². The van der Waals surface area contributed by atoms with Crippen LogP contribution in [-0.2, 0) is 4.74 Å². The molecule has 2 atom stereocenters. The standard InChI is InChI=1S/C18H19FN4OS/c1-11-8-23(9-12(2)24-11)16-4-3-13(7-15(16)19)22-17-14-5-6-25-18(14)21-10-20-17/h3-7,10-12H,8-9H2,1-2H3,(H,20,21,22)/t11-,12-/m0/s1. The Kier molecular flexibility index (Phi) is 4.27. The van der Waals surface area contributed by atoms with Crippen molar-refractivity contribution in [3.8, 4) is 0 Å². The molecule has 1 aromatic carbocycles. The van der Waals surface area contributed by atoms with Gasteiger partial charge in [-0.3, -0.25) is 0 Å². The molecule has 2 aromatic heterocycles. The molecule has 0 unspecified atom stereocenters. The number of nitrogens with zero attached hydrogens (tertiary/aromatic N) is 3. The molecule has 0 amide bonds. The fourth-order valence-electron chi connectivity index (χ4n) is 3.24. The van der Waals surface area contributed by atoms with Gasteiger partial charge in [-0.2, -0.15) is 0 Å². The summed E-state index contributed by atoms with van der Waals surface area (Å²) in [6.07, 6.45) is 1.70. The summed E-state index contributed by atoms with van der Waals surface area (Å²) < 4.78 is 20.4. The summed E-state index contributed by atoms with van der Waals surface area (Å²) in [5.74, 6) is 0.439. The molecular formula is C18H19FN4OS. The van der Waals surface area contributed by atoms with E-state index < -0.39 is 0 Å². The summed E-state index contributed by atoms with van der Waals surface area (Å²) in [5, 5.41) is 6.10. The van der Waals surface area contributed by atoms with Crippen molar-refractivity contribution in [1.29, 1.82) is 0 Å². The van der Waals surface area contributed by atoms with Crippen molar-refractivity contribution in [2.75, 3.05) is 23.3 Å². The van der Waals surface area contributed by atoms with E-state index in [-0.39, 0.29) is 18.0 Å². The lowest BCUT2D eigenvalue weighted by Crippen LogP contribution is -2.45. The molecule has 1 saturated heterocycles. The van der Waals surface area contributed by atoms with E-state index in [4.69, 9.17) is 4.74 Å². The number of halogens is 1. The Morgan fingerprint density at radius 3 is 2.76 bits per heavy atom. The molecule has 7 heteroatoms. The van der Waals surface area contributed by atoms with Crippen molar-refractivity contribution in [2.45, 2.75) is 26.1 Å². The van der Waals surface area contributed by atoms with Crippen molar-refractivity contribution in [2.24, 2.45) is 0 Å². The predicted octanol–water partition coefficient (Wildman–Crippen LogP) is 4.19. The van der Waals surface area contributed by atoms with Crippen molar-refractivity contribution in [3.63, 3.8) is 0 Å². The molecule has 0 saturated carbocycles. The lowest BCUT2D eigenvalue weighted by atomic mass is 10.2. The molecule has 4 rings (SSSR count). The first kappa shape index (κ1) is 16.2. The van der Waals surface area contributed by atoms with E-state index in [0.717, 1.165) is 10.2 Å². The number of hydrogen-bond donors (Lipinski definition) is 1. The summed E-state index contributed by atoms with van der Waals surface area (Å²) in [7, 11) is 0. The van der Waals surface area contributed by atoms with Gasteiger partial charge in [0.25, 0.3) is 0 Å². The second kappa shape index (κ2) is 6.57. The average molecular weight is 358 g/mol. The maximum Gasteiger partial charge on any atom is 0.148 e. The third-order valence-electron chi connectivity index (χ3n) is 4.23. The minimum absolute atomic E-state index is 0.0915. The van der Waals surface area contributed by atoms with Gasteiger partial charge in [0.1, 0.15) is 22.8 Å². The van der Waals surface area contributed by atoms with Crippen LogP contribution in [0.15, 0.2) is 36.0 Å². The SMILES string of the molecule is C[C@H]1CN(c2ccc(Nc3ncnc4sccc34)cc2F)C[C@H](C)O1. The van der Waals surface area contributed by atoms with Gasteiger partial charge < -0.3 is 15.0 Å². The number of anilines is 3. The highest BCUT2D eigenvalue weighted by molar-refractivity contribution is 7.16. The molecule has 3 aromatic rings. The van der Waals surface area contributed by atoms with Gasteiger partial charge in [0.15, 0.2) is 0 Å². The number of morpholine rings is 1. The monoisotopic (exact) mass is 358 g/mol. The maximum atomic E-state index is 14.7. The quantitative estimate of drug-likeness (QED) is 0.761. The molecule has 130 valence electrons. The van der Waals surface area contributed by atoms with Gasteiger partial charge in [-0.25, -0.2) is 14.4 Å². The van der Waals surface area contributed by atoms with Crippen LogP contribution in [0, 0.1) is 5.82 Å².